The van der Waals surface area contributed by atoms with Crippen LogP contribution in [0.1, 0.15) is 72.5 Å². The Kier molecular flexibility index (Phi) is 11.2. The van der Waals surface area contributed by atoms with E-state index in [1.165, 1.54) is 29.5 Å². The molecule has 16 heteroatoms. The predicted molar refractivity (Wildman–Crippen MR) is 232 cm³/mol. The highest BCUT2D eigenvalue weighted by Gasteiger charge is 2.44. The van der Waals surface area contributed by atoms with Gasteiger partial charge in [0.1, 0.15) is 22.8 Å². The number of halogens is 1. The smallest absolute Gasteiger partial charge is 0.293 e. The number of sulfonamides is 1. The minimum absolute atomic E-state index is 0.0260. The number of pyridine rings is 1. The van der Waals surface area contributed by atoms with Gasteiger partial charge in [-0.25, -0.2) is 18.1 Å². The molecule has 314 valence electrons. The minimum Gasteiger partial charge on any atom is -0.455 e. The summed E-state index contributed by atoms with van der Waals surface area (Å²) in [5.74, 6) is -0.0509. The lowest BCUT2D eigenvalue weighted by molar-refractivity contribution is -0.384. The second-order valence-electron chi connectivity index (χ2n) is 16.7. The number of H-pyrrole nitrogens is 1. The van der Waals surface area contributed by atoms with Gasteiger partial charge in [0.05, 0.1) is 21.6 Å². The van der Waals surface area contributed by atoms with E-state index in [1.807, 2.05) is 18.2 Å². The van der Waals surface area contributed by atoms with E-state index in [1.54, 1.807) is 30.5 Å². The van der Waals surface area contributed by atoms with E-state index in [0.717, 1.165) is 113 Å². The molecule has 14 nitrogen and oxygen atoms in total. The maximum Gasteiger partial charge on any atom is 0.293 e. The molecule has 4 aliphatic rings. The molecule has 1 amide bonds. The molecule has 4 heterocycles. The van der Waals surface area contributed by atoms with Crippen LogP contribution in [0.5, 0.6) is 11.5 Å². The third-order valence-electron chi connectivity index (χ3n) is 13.0. The number of ether oxygens (including phenoxy) is 1. The first kappa shape index (κ1) is 40.2. The van der Waals surface area contributed by atoms with Crippen LogP contribution in [0.25, 0.3) is 11.0 Å². The number of fused-ring (bicyclic) bond motifs is 2. The fourth-order valence-corrected chi connectivity index (χ4v) is 11.1. The van der Waals surface area contributed by atoms with Crippen molar-refractivity contribution in [2.24, 2.45) is 11.3 Å². The van der Waals surface area contributed by atoms with Crippen LogP contribution in [-0.2, 0) is 16.4 Å². The summed E-state index contributed by atoms with van der Waals surface area (Å²) in [4.78, 5) is 37.3. The first-order valence-electron chi connectivity index (χ1n) is 20.9. The van der Waals surface area contributed by atoms with Crippen LogP contribution in [-0.4, -0.2) is 79.9 Å². The number of amides is 1. The molecule has 9 rings (SSSR count). The number of benzene rings is 3. The molecule has 1 spiro atoms. The molecular weight excluding hydrogens is 804 g/mol. The number of nitro groups is 1. The molecule has 1 atom stereocenters. The van der Waals surface area contributed by atoms with Crippen molar-refractivity contribution in [1.29, 1.82) is 0 Å². The average molecular weight is 853 g/mol. The second-order valence-corrected chi connectivity index (χ2v) is 18.8. The largest absolute Gasteiger partial charge is 0.455 e. The highest BCUT2D eigenvalue weighted by atomic mass is 35.5. The highest BCUT2D eigenvalue weighted by molar-refractivity contribution is 7.90. The molecule has 2 saturated heterocycles. The molecule has 3 fully saturated rings. The number of hydrogen-bond acceptors (Lipinski definition) is 11. The monoisotopic (exact) mass is 852 g/mol. The fraction of sp³-hybridized carbons (Fsp3) is 0.409. The van der Waals surface area contributed by atoms with Gasteiger partial charge >= 0.3 is 0 Å². The Hall–Kier alpha value is -5.22. The Bertz CT molecular complexity index is 2530. The van der Waals surface area contributed by atoms with Gasteiger partial charge in [0, 0.05) is 73.2 Å². The third kappa shape index (κ3) is 8.27. The number of nitrogens with zero attached hydrogens (tertiary/aromatic N) is 4. The second kappa shape index (κ2) is 16.7. The Morgan fingerprint density at radius 3 is 2.63 bits per heavy atom. The summed E-state index contributed by atoms with van der Waals surface area (Å²) in [6.07, 6.45) is 12.0. The number of carbonyl (C=O) groups excluding carboxylic acids is 1. The van der Waals surface area contributed by atoms with Crippen LogP contribution in [0, 0.1) is 21.4 Å². The number of rotatable bonds is 11. The number of aromatic nitrogens is 2. The van der Waals surface area contributed by atoms with Crippen molar-refractivity contribution in [3.63, 3.8) is 0 Å². The summed E-state index contributed by atoms with van der Waals surface area (Å²) >= 11 is 6.65. The van der Waals surface area contributed by atoms with Crippen LogP contribution in [0.2, 0.25) is 5.02 Å². The van der Waals surface area contributed by atoms with Crippen molar-refractivity contribution in [2.45, 2.75) is 62.3 Å². The number of nitrogens with one attached hydrogen (secondary N) is 4. The normalized spacial score (nSPS) is 19.6. The quantitative estimate of drug-likeness (QED) is 0.0580. The fourth-order valence-electron chi connectivity index (χ4n) is 9.84. The highest BCUT2D eigenvalue weighted by Crippen LogP contribution is 2.51. The van der Waals surface area contributed by atoms with Crippen molar-refractivity contribution in [1.82, 2.24) is 24.9 Å². The van der Waals surface area contributed by atoms with Crippen molar-refractivity contribution < 1.29 is 22.9 Å². The topological polar surface area (TPSA) is 175 Å². The Morgan fingerprint density at radius 1 is 1.02 bits per heavy atom. The molecule has 60 heavy (non-hydrogen) atoms. The summed E-state index contributed by atoms with van der Waals surface area (Å²) < 4.78 is 35.9. The molecule has 2 aliphatic heterocycles. The number of nitro benzene ring substituents is 1. The molecule has 1 saturated carbocycles. The van der Waals surface area contributed by atoms with Crippen molar-refractivity contribution in [3.8, 4) is 11.5 Å². The molecule has 0 unspecified atom stereocenters. The minimum atomic E-state index is -4.54. The van der Waals surface area contributed by atoms with Gasteiger partial charge in [-0.15, -0.1) is 0 Å². The van der Waals surface area contributed by atoms with E-state index >= 15 is 0 Å². The van der Waals surface area contributed by atoms with Crippen molar-refractivity contribution in [3.05, 3.63) is 111 Å². The molecule has 0 bridgehead atoms. The molecule has 5 aromatic rings. The number of hydrogen-bond donors (Lipinski definition) is 4. The summed E-state index contributed by atoms with van der Waals surface area (Å²) in [7, 11) is -4.54. The SMILES string of the molecule is O=C(NS(=O)(=O)c1ccc(NCC2CC3(CCNCC3)C2)c([N+](=O)[O-])c1)c1ccc(N2CCN([C@@H]3CCCCc4c(Cl)cccc43)CC2)cc1Oc1cnc2[nH]ccc2c1. The zero-order chi connectivity index (χ0) is 41.4. The number of carbonyl (C=O) groups is 1. The van der Waals surface area contributed by atoms with E-state index in [2.05, 4.69) is 41.2 Å². The van der Waals surface area contributed by atoms with Crippen LogP contribution in [0.4, 0.5) is 17.1 Å². The Labute approximate surface area is 354 Å². The Morgan fingerprint density at radius 2 is 1.83 bits per heavy atom. The van der Waals surface area contributed by atoms with E-state index in [4.69, 9.17) is 16.3 Å². The molecular formula is C44H49ClN8O6S. The lowest BCUT2D eigenvalue weighted by Crippen LogP contribution is -2.47. The molecule has 4 N–H and O–H groups in total. The lowest BCUT2D eigenvalue weighted by atomic mass is 9.58. The van der Waals surface area contributed by atoms with Gasteiger partial charge in [0.2, 0.25) is 0 Å². The standard InChI is InChI=1S/C44H49ClN8O6S/c45-37-6-3-5-35-34(37)4-1-2-7-39(35)52-20-18-51(19-21-52)31-8-10-36(41(23-31)59-32-22-30-12-15-47-42(30)49-28-32)43(54)50-60(57,58)33-9-11-38(40(24-33)53(55)56)48-27-29-25-44(26-29)13-16-46-17-14-44/h3,5-6,8-12,15,22-24,28-29,39,46,48H,1-2,4,7,13-14,16-21,25-27H2,(H,47,49)(H,50,54)/t39-/m1/s1. The number of piperazine rings is 1. The van der Waals surface area contributed by atoms with Gasteiger partial charge in [-0.3, -0.25) is 19.8 Å². The summed E-state index contributed by atoms with van der Waals surface area (Å²) in [5, 5.41) is 20.4. The van der Waals surface area contributed by atoms with E-state index < -0.39 is 25.7 Å². The molecule has 0 radical (unpaired) electrons. The predicted octanol–water partition coefficient (Wildman–Crippen LogP) is 7.82. The van der Waals surface area contributed by atoms with Gasteiger partial charge in [0.25, 0.3) is 21.6 Å². The first-order chi connectivity index (χ1) is 29.0. The summed E-state index contributed by atoms with van der Waals surface area (Å²) in [6.45, 7) is 5.69. The van der Waals surface area contributed by atoms with E-state index in [0.29, 0.717) is 35.3 Å². The number of aromatic amines is 1. The molecule has 2 aromatic heterocycles. The maximum atomic E-state index is 13.9. The van der Waals surface area contributed by atoms with Crippen LogP contribution < -0.4 is 25.0 Å². The summed E-state index contributed by atoms with van der Waals surface area (Å²) in [6, 6.07) is 18.9. The van der Waals surface area contributed by atoms with Crippen molar-refractivity contribution >= 4 is 55.6 Å². The van der Waals surface area contributed by atoms with Gasteiger partial charge in [-0.05, 0) is 123 Å². The third-order valence-corrected chi connectivity index (χ3v) is 14.7. The van der Waals surface area contributed by atoms with Gasteiger partial charge < -0.3 is 25.3 Å². The maximum absolute atomic E-state index is 13.9. The van der Waals surface area contributed by atoms with E-state index in [-0.39, 0.29) is 22.7 Å². The van der Waals surface area contributed by atoms with Crippen LogP contribution in [0.3, 0.4) is 0 Å². The van der Waals surface area contributed by atoms with Crippen LogP contribution in [0.15, 0.2) is 84.0 Å². The number of anilines is 2. The van der Waals surface area contributed by atoms with Crippen molar-refractivity contribution in [2.75, 3.05) is 56.0 Å². The zero-order valence-corrected chi connectivity index (χ0v) is 34.9. The average Bonchev–Trinajstić information content (AvgIpc) is 3.60. The van der Waals surface area contributed by atoms with Gasteiger partial charge in [-0.2, -0.15) is 0 Å². The summed E-state index contributed by atoms with van der Waals surface area (Å²) in [5.41, 5.74) is 4.25. The van der Waals surface area contributed by atoms with Gasteiger partial charge in [0.15, 0.2) is 0 Å². The van der Waals surface area contributed by atoms with E-state index in [9.17, 15) is 23.3 Å². The Balaban J connectivity index is 0.923. The first-order valence-corrected chi connectivity index (χ1v) is 22.7. The molecule has 2 aliphatic carbocycles. The van der Waals surface area contributed by atoms with Gasteiger partial charge in [-0.1, -0.05) is 30.2 Å². The van der Waals surface area contributed by atoms with Crippen LogP contribution >= 0.6 is 11.6 Å². The zero-order valence-electron chi connectivity index (χ0n) is 33.3. The lowest BCUT2D eigenvalue weighted by Gasteiger charge is -2.50. The molecule has 3 aromatic carbocycles. The number of piperidine rings is 1.